The fourth-order valence-electron chi connectivity index (χ4n) is 3.15. The van der Waals surface area contributed by atoms with E-state index in [-0.39, 0.29) is 15.5 Å². The number of anilines is 1. The molecule has 0 aliphatic heterocycles. The standard InChI is InChI=1S/C18H22N2O4S2/c1-13-7-9-16(12-18(13)26(23,24)19-2)20-25(21,22)17-10-8-14-5-3-4-6-15(14)11-17/h7-12,19-20H,3-6H2,1-2H3. The number of nitrogens with one attached hydrogen (secondary N) is 2. The fraction of sp³-hybridized carbons (Fsp3) is 0.333. The molecular formula is C18H22N2O4S2. The largest absolute Gasteiger partial charge is 0.280 e. The number of fused-ring (bicyclic) bond motifs is 1. The Bertz CT molecular complexity index is 1040. The van der Waals surface area contributed by atoms with Gasteiger partial charge in [0.15, 0.2) is 0 Å². The van der Waals surface area contributed by atoms with E-state index < -0.39 is 20.0 Å². The molecule has 0 saturated carbocycles. The smallest absolute Gasteiger partial charge is 0.261 e. The second kappa shape index (κ2) is 7.02. The summed E-state index contributed by atoms with van der Waals surface area (Å²) in [6.07, 6.45) is 4.05. The SMILES string of the molecule is CNS(=O)(=O)c1cc(NS(=O)(=O)c2ccc3c(c2)CCCC3)ccc1C. The number of aryl methyl sites for hydroxylation is 3. The van der Waals surface area contributed by atoms with Gasteiger partial charge in [0.25, 0.3) is 10.0 Å². The average Bonchev–Trinajstić information content (AvgIpc) is 2.62. The first kappa shape index (κ1) is 18.9. The maximum Gasteiger partial charge on any atom is 0.261 e. The van der Waals surface area contributed by atoms with Crippen molar-refractivity contribution in [3.05, 3.63) is 53.1 Å². The molecule has 0 heterocycles. The van der Waals surface area contributed by atoms with Crippen molar-refractivity contribution in [2.45, 2.75) is 42.4 Å². The zero-order valence-corrected chi connectivity index (χ0v) is 16.4. The van der Waals surface area contributed by atoms with Gasteiger partial charge >= 0.3 is 0 Å². The van der Waals surface area contributed by atoms with Crippen LogP contribution in [-0.2, 0) is 32.9 Å². The summed E-state index contributed by atoms with van der Waals surface area (Å²) in [7, 11) is -6.14. The number of benzene rings is 2. The number of hydrogen-bond donors (Lipinski definition) is 2. The van der Waals surface area contributed by atoms with E-state index in [4.69, 9.17) is 0 Å². The van der Waals surface area contributed by atoms with Crippen LogP contribution in [0.2, 0.25) is 0 Å². The zero-order chi connectivity index (χ0) is 18.9. The molecule has 0 aromatic heterocycles. The number of rotatable bonds is 5. The van der Waals surface area contributed by atoms with Crippen molar-refractivity contribution in [1.82, 2.24) is 4.72 Å². The molecule has 0 bridgehead atoms. The molecular weight excluding hydrogens is 372 g/mol. The van der Waals surface area contributed by atoms with Crippen LogP contribution in [0.4, 0.5) is 5.69 Å². The first-order valence-electron chi connectivity index (χ1n) is 8.42. The Balaban J connectivity index is 1.94. The molecule has 0 spiro atoms. The molecule has 1 aliphatic carbocycles. The highest BCUT2D eigenvalue weighted by Crippen LogP contribution is 2.26. The van der Waals surface area contributed by atoms with Crippen LogP contribution in [0.15, 0.2) is 46.2 Å². The van der Waals surface area contributed by atoms with Gasteiger partial charge in [-0.3, -0.25) is 4.72 Å². The molecule has 1 aliphatic rings. The summed E-state index contributed by atoms with van der Waals surface area (Å²) in [5.74, 6) is 0. The summed E-state index contributed by atoms with van der Waals surface area (Å²) >= 11 is 0. The van der Waals surface area contributed by atoms with Crippen LogP contribution in [-0.4, -0.2) is 23.9 Å². The lowest BCUT2D eigenvalue weighted by atomic mass is 9.92. The number of hydrogen-bond acceptors (Lipinski definition) is 4. The van der Waals surface area contributed by atoms with Gasteiger partial charge in [0, 0.05) is 0 Å². The van der Waals surface area contributed by atoms with Gasteiger partial charge in [0.2, 0.25) is 10.0 Å². The predicted octanol–water partition coefficient (Wildman–Crippen LogP) is 2.58. The predicted molar refractivity (Wildman–Crippen MR) is 101 cm³/mol. The average molecular weight is 395 g/mol. The second-order valence-electron chi connectivity index (χ2n) is 6.43. The van der Waals surface area contributed by atoms with E-state index in [1.165, 1.54) is 18.7 Å². The molecule has 140 valence electrons. The van der Waals surface area contributed by atoms with Crippen LogP contribution in [0.5, 0.6) is 0 Å². The molecule has 0 atom stereocenters. The lowest BCUT2D eigenvalue weighted by Crippen LogP contribution is -2.20. The van der Waals surface area contributed by atoms with Crippen molar-refractivity contribution >= 4 is 25.7 Å². The van der Waals surface area contributed by atoms with E-state index in [0.717, 1.165) is 31.2 Å². The van der Waals surface area contributed by atoms with Gasteiger partial charge in [-0.15, -0.1) is 0 Å². The third-order valence-electron chi connectivity index (χ3n) is 4.63. The normalized spacial score (nSPS) is 14.7. The van der Waals surface area contributed by atoms with Crippen LogP contribution in [0.1, 0.15) is 29.5 Å². The molecule has 2 aromatic rings. The lowest BCUT2D eigenvalue weighted by Gasteiger charge is -2.17. The van der Waals surface area contributed by atoms with Gasteiger partial charge in [-0.05, 0) is 80.6 Å². The molecule has 0 radical (unpaired) electrons. The topological polar surface area (TPSA) is 92.3 Å². The van der Waals surface area contributed by atoms with Crippen LogP contribution >= 0.6 is 0 Å². The summed E-state index contributed by atoms with van der Waals surface area (Å²) in [5, 5.41) is 0. The Morgan fingerprint density at radius 1 is 0.846 bits per heavy atom. The maximum atomic E-state index is 12.7. The minimum Gasteiger partial charge on any atom is -0.280 e. The third-order valence-corrected chi connectivity index (χ3v) is 7.56. The molecule has 2 aromatic carbocycles. The highest BCUT2D eigenvalue weighted by molar-refractivity contribution is 7.92. The molecule has 6 nitrogen and oxygen atoms in total. The first-order valence-corrected chi connectivity index (χ1v) is 11.4. The maximum absolute atomic E-state index is 12.7. The van der Waals surface area contributed by atoms with Crippen LogP contribution < -0.4 is 9.44 Å². The summed E-state index contributed by atoms with van der Waals surface area (Å²) in [5.41, 5.74) is 3.02. The molecule has 26 heavy (non-hydrogen) atoms. The molecule has 0 saturated heterocycles. The minimum absolute atomic E-state index is 0.0469. The Kier molecular flexibility index (Phi) is 5.09. The first-order chi connectivity index (χ1) is 12.2. The van der Waals surface area contributed by atoms with Crippen molar-refractivity contribution in [2.75, 3.05) is 11.8 Å². The van der Waals surface area contributed by atoms with Crippen molar-refractivity contribution in [2.24, 2.45) is 0 Å². The molecule has 8 heteroatoms. The van der Waals surface area contributed by atoms with Gasteiger partial charge in [0.1, 0.15) is 0 Å². The summed E-state index contributed by atoms with van der Waals surface area (Å²) in [4.78, 5) is 0.238. The summed E-state index contributed by atoms with van der Waals surface area (Å²) in [6, 6.07) is 9.66. The van der Waals surface area contributed by atoms with Crippen molar-refractivity contribution in [3.8, 4) is 0 Å². The molecule has 0 fully saturated rings. The van der Waals surface area contributed by atoms with Crippen LogP contribution in [0, 0.1) is 6.92 Å². The zero-order valence-electron chi connectivity index (χ0n) is 14.7. The van der Waals surface area contributed by atoms with Gasteiger partial charge in [-0.2, -0.15) is 0 Å². The highest BCUT2D eigenvalue weighted by atomic mass is 32.2. The summed E-state index contributed by atoms with van der Waals surface area (Å²) < 4.78 is 54.4. The Hall–Kier alpha value is -1.90. The minimum atomic E-state index is -3.79. The second-order valence-corrected chi connectivity index (χ2v) is 9.97. The summed E-state index contributed by atoms with van der Waals surface area (Å²) in [6.45, 7) is 1.66. The van der Waals surface area contributed by atoms with E-state index >= 15 is 0 Å². The van der Waals surface area contributed by atoms with Gasteiger partial charge < -0.3 is 0 Å². The van der Waals surface area contributed by atoms with Crippen LogP contribution in [0.25, 0.3) is 0 Å². The highest BCUT2D eigenvalue weighted by Gasteiger charge is 2.20. The van der Waals surface area contributed by atoms with E-state index in [0.29, 0.717) is 5.56 Å². The van der Waals surface area contributed by atoms with E-state index in [1.54, 1.807) is 31.2 Å². The lowest BCUT2D eigenvalue weighted by molar-refractivity contribution is 0.587. The Morgan fingerprint density at radius 2 is 1.54 bits per heavy atom. The van der Waals surface area contributed by atoms with Crippen molar-refractivity contribution in [1.29, 1.82) is 0 Å². The number of sulfonamides is 2. The van der Waals surface area contributed by atoms with Crippen LogP contribution in [0.3, 0.4) is 0 Å². The molecule has 2 N–H and O–H groups in total. The van der Waals surface area contributed by atoms with Crippen molar-refractivity contribution < 1.29 is 16.8 Å². The Labute approximate surface area is 154 Å². The quantitative estimate of drug-likeness (QED) is 0.815. The Morgan fingerprint density at radius 3 is 2.23 bits per heavy atom. The van der Waals surface area contributed by atoms with Gasteiger partial charge in [0.05, 0.1) is 15.5 Å². The molecule has 0 amide bonds. The van der Waals surface area contributed by atoms with Gasteiger partial charge in [-0.1, -0.05) is 12.1 Å². The fourth-order valence-corrected chi connectivity index (χ4v) is 5.25. The van der Waals surface area contributed by atoms with E-state index in [2.05, 4.69) is 9.44 Å². The third kappa shape index (κ3) is 3.77. The monoisotopic (exact) mass is 394 g/mol. The molecule has 0 unspecified atom stereocenters. The van der Waals surface area contributed by atoms with Gasteiger partial charge in [-0.25, -0.2) is 21.6 Å². The van der Waals surface area contributed by atoms with Crippen molar-refractivity contribution in [3.63, 3.8) is 0 Å². The van der Waals surface area contributed by atoms with E-state index in [9.17, 15) is 16.8 Å². The molecule has 3 rings (SSSR count). The van der Waals surface area contributed by atoms with E-state index in [1.807, 2.05) is 6.07 Å².